The first kappa shape index (κ1) is 10.2. The molecular formula is C10H16N4O. The van der Waals surface area contributed by atoms with E-state index in [1.54, 1.807) is 6.20 Å². The highest BCUT2D eigenvalue weighted by Crippen LogP contribution is 2.20. The van der Waals surface area contributed by atoms with Crippen molar-refractivity contribution < 1.29 is 4.79 Å². The predicted octanol–water partition coefficient (Wildman–Crippen LogP) is 0.00530. The number of piperidine rings is 1. The second kappa shape index (κ2) is 4.44. The topological polar surface area (TPSA) is 64.2 Å². The molecule has 1 amide bonds. The summed E-state index contributed by atoms with van der Waals surface area (Å²) in [4.78, 5) is 13.3. The van der Waals surface area contributed by atoms with Crippen LogP contribution in [-0.2, 0) is 4.79 Å². The van der Waals surface area contributed by atoms with Gasteiger partial charge in [-0.15, -0.1) is 0 Å². The van der Waals surface area contributed by atoms with E-state index in [4.69, 9.17) is 5.73 Å². The Morgan fingerprint density at radius 2 is 2.47 bits per heavy atom. The van der Waals surface area contributed by atoms with Crippen molar-refractivity contribution in [1.82, 2.24) is 14.7 Å². The van der Waals surface area contributed by atoms with Crippen LogP contribution in [0.4, 0.5) is 0 Å². The zero-order valence-electron chi connectivity index (χ0n) is 8.67. The summed E-state index contributed by atoms with van der Waals surface area (Å²) in [6.07, 6.45) is 5.82. The number of hydrogen-bond acceptors (Lipinski definition) is 3. The van der Waals surface area contributed by atoms with Gasteiger partial charge in [0, 0.05) is 25.5 Å². The molecule has 15 heavy (non-hydrogen) atoms. The normalized spacial score (nSPS) is 21.7. The average molecular weight is 208 g/mol. The zero-order valence-corrected chi connectivity index (χ0v) is 8.67. The summed E-state index contributed by atoms with van der Waals surface area (Å²) in [5.74, 6) is 0.0341. The van der Waals surface area contributed by atoms with Crippen LogP contribution >= 0.6 is 0 Å². The maximum atomic E-state index is 11.5. The first-order chi connectivity index (χ1) is 7.31. The number of nitrogens with zero attached hydrogens (tertiary/aromatic N) is 3. The van der Waals surface area contributed by atoms with Crippen LogP contribution in [0.15, 0.2) is 18.5 Å². The van der Waals surface area contributed by atoms with Crippen LogP contribution in [0, 0.1) is 0 Å². The standard InChI is InChI=1S/C10H16N4O/c11-7-10(15)13-5-1-3-9(8-13)14-6-2-4-12-14/h2,4,6,9H,1,3,5,7-8,11H2. The lowest BCUT2D eigenvalue weighted by atomic mass is 10.1. The molecule has 1 unspecified atom stereocenters. The van der Waals surface area contributed by atoms with Crippen LogP contribution < -0.4 is 5.73 Å². The van der Waals surface area contributed by atoms with Crippen molar-refractivity contribution in [3.63, 3.8) is 0 Å². The van der Waals surface area contributed by atoms with E-state index >= 15 is 0 Å². The molecule has 5 heteroatoms. The molecule has 0 aliphatic carbocycles. The Bertz CT molecular complexity index is 322. The van der Waals surface area contributed by atoms with Crippen LogP contribution in [0.2, 0.25) is 0 Å². The highest BCUT2D eigenvalue weighted by molar-refractivity contribution is 5.78. The van der Waals surface area contributed by atoms with E-state index < -0.39 is 0 Å². The van der Waals surface area contributed by atoms with Gasteiger partial charge in [-0.1, -0.05) is 0 Å². The highest BCUT2D eigenvalue weighted by Gasteiger charge is 2.23. The lowest BCUT2D eigenvalue weighted by Crippen LogP contribution is -2.43. The molecule has 2 heterocycles. The van der Waals surface area contributed by atoms with Gasteiger partial charge in [-0.2, -0.15) is 5.10 Å². The number of carbonyl (C=O) groups excluding carboxylic acids is 1. The van der Waals surface area contributed by atoms with Crippen LogP contribution in [0.25, 0.3) is 0 Å². The zero-order chi connectivity index (χ0) is 10.7. The molecule has 1 aromatic rings. The molecule has 5 nitrogen and oxygen atoms in total. The highest BCUT2D eigenvalue weighted by atomic mass is 16.2. The van der Waals surface area contributed by atoms with Crippen molar-refractivity contribution in [2.24, 2.45) is 5.73 Å². The van der Waals surface area contributed by atoms with Gasteiger partial charge in [0.15, 0.2) is 0 Å². The summed E-state index contributed by atoms with van der Waals surface area (Å²) < 4.78 is 1.93. The van der Waals surface area contributed by atoms with E-state index in [0.29, 0.717) is 6.04 Å². The van der Waals surface area contributed by atoms with Crippen LogP contribution in [-0.4, -0.2) is 40.2 Å². The Morgan fingerprint density at radius 3 is 3.13 bits per heavy atom. The van der Waals surface area contributed by atoms with Crippen molar-refractivity contribution in [3.8, 4) is 0 Å². The van der Waals surface area contributed by atoms with Gasteiger partial charge < -0.3 is 10.6 Å². The fourth-order valence-electron chi connectivity index (χ4n) is 2.02. The third kappa shape index (κ3) is 2.18. The molecule has 0 radical (unpaired) electrons. The van der Waals surface area contributed by atoms with Crippen LogP contribution in [0.1, 0.15) is 18.9 Å². The summed E-state index contributed by atoms with van der Waals surface area (Å²) in [5.41, 5.74) is 5.35. The van der Waals surface area contributed by atoms with Crippen molar-refractivity contribution >= 4 is 5.91 Å². The molecule has 1 saturated heterocycles. The van der Waals surface area contributed by atoms with E-state index in [1.807, 2.05) is 21.8 Å². The van der Waals surface area contributed by atoms with E-state index in [2.05, 4.69) is 5.10 Å². The van der Waals surface area contributed by atoms with Gasteiger partial charge in [-0.25, -0.2) is 0 Å². The van der Waals surface area contributed by atoms with Gasteiger partial charge in [0.2, 0.25) is 5.91 Å². The third-order valence-electron chi connectivity index (χ3n) is 2.82. The molecule has 0 spiro atoms. The Kier molecular flexibility index (Phi) is 3.01. The Morgan fingerprint density at radius 1 is 1.60 bits per heavy atom. The minimum Gasteiger partial charge on any atom is -0.339 e. The fourth-order valence-corrected chi connectivity index (χ4v) is 2.02. The Balaban J connectivity index is 2.01. The first-order valence-corrected chi connectivity index (χ1v) is 5.28. The molecule has 82 valence electrons. The molecule has 1 aliphatic rings. The molecule has 1 atom stereocenters. The number of aromatic nitrogens is 2. The first-order valence-electron chi connectivity index (χ1n) is 5.28. The molecule has 1 aliphatic heterocycles. The SMILES string of the molecule is NCC(=O)N1CCCC(n2cccn2)C1. The average Bonchev–Trinajstić information content (AvgIpc) is 2.82. The van der Waals surface area contributed by atoms with Gasteiger partial charge in [-0.3, -0.25) is 9.48 Å². The summed E-state index contributed by atoms with van der Waals surface area (Å²) in [6, 6.07) is 2.22. The van der Waals surface area contributed by atoms with E-state index in [0.717, 1.165) is 25.9 Å². The molecule has 0 saturated carbocycles. The second-order valence-corrected chi connectivity index (χ2v) is 3.83. The number of rotatable bonds is 2. The summed E-state index contributed by atoms with van der Waals surface area (Å²) in [5, 5.41) is 4.21. The summed E-state index contributed by atoms with van der Waals surface area (Å²) in [6.45, 7) is 1.66. The van der Waals surface area contributed by atoms with Crippen molar-refractivity contribution in [3.05, 3.63) is 18.5 Å². The van der Waals surface area contributed by atoms with E-state index in [9.17, 15) is 4.79 Å². The van der Waals surface area contributed by atoms with E-state index in [1.165, 1.54) is 0 Å². The van der Waals surface area contributed by atoms with Crippen molar-refractivity contribution in [1.29, 1.82) is 0 Å². The quantitative estimate of drug-likeness (QED) is 0.744. The minimum atomic E-state index is 0.0341. The lowest BCUT2D eigenvalue weighted by molar-refractivity contribution is -0.131. The smallest absolute Gasteiger partial charge is 0.236 e. The van der Waals surface area contributed by atoms with Gasteiger partial charge >= 0.3 is 0 Å². The number of nitrogens with two attached hydrogens (primary N) is 1. The molecule has 1 aromatic heterocycles. The molecule has 2 N–H and O–H groups in total. The maximum Gasteiger partial charge on any atom is 0.236 e. The van der Waals surface area contributed by atoms with Gasteiger partial charge in [0.05, 0.1) is 12.6 Å². The van der Waals surface area contributed by atoms with Gasteiger partial charge in [0.1, 0.15) is 0 Å². The predicted molar refractivity (Wildman–Crippen MR) is 56.1 cm³/mol. The van der Waals surface area contributed by atoms with Gasteiger partial charge in [-0.05, 0) is 18.9 Å². The molecule has 0 bridgehead atoms. The maximum absolute atomic E-state index is 11.5. The summed E-state index contributed by atoms with van der Waals surface area (Å²) >= 11 is 0. The van der Waals surface area contributed by atoms with Crippen LogP contribution in [0.5, 0.6) is 0 Å². The molecule has 0 aromatic carbocycles. The molecule has 2 rings (SSSR count). The number of amides is 1. The molecular weight excluding hydrogens is 192 g/mol. The largest absolute Gasteiger partial charge is 0.339 e. The third-order valence-corrected chi connectivity index (χ3v) is 2.82. The monoisotopic (exact) mass is 208 g/mol. The lowest BCUT2D eigenvalue weighted by Gasteiger charge is -2.32. The molecule has 1 fully saturated rings. The number of likely N-dealkylation sites (tertiary alicyclic amines) is 1. The van der Waals surface area contributed by atoms with Crippen molar-refractivity contribution in [2.45, 2.75) is 18.9 Å². The Hall–Kier alpha value is -1.36. The minimum absolute atomic E-state index is 0.0341. The second-order valence-electron chi connectivity index (χ2n) is 3.83. The van der Waals surface area contributed by atoms with Gasteiger partial charge in [0.25, 0.3) is 0 Å². The fraction of sp³-hybridized carbons (Fsp3) is 0.600. The van der Waals surface area contributed by atoms with Crippen molar-refractivity contribution in [2.75, 3.05) is 19.6 Å². The number of hydrogen-bond donors (Lipinski definition) is 1. The van der Waals surface area contributed by atoms with Crippen LogP contribution in [0.3, 0.4) is 0 Å². The summed E-state index contributed by atoms with van der Waals surface area (Å²) in [7, 11) is 0. The van der Waals surface area contributed by atoms with E-state index in [-0.39, 0.29) is 12.5 Å². The number of carbonyl (C=O) groups is 1. The Labute approximate surface area is 88.8 Å².